The maximum Gasteiger partial charge on any atom is 0.264 e. The van der Waals surface area contributed by atoms with Crippen molar-refractivity contribution in [1.82, 2.24) is 5.32 Å². The largest absolute Gasteiger partial charge is 0.508 e. The summed E-state index contributed by atoms with van der Waals surface area (Å²) in [6.07, 6.45) is 1.84. The first-order valence-corrected chi connectivity index (χ1v) is 7.52. The summed E-state index contributed by atoms with van der Waals surface area (Å²) in [4.78, 5) is 17.8. The Morgan fingerprint density at radius 2 is 2.15 bits per heavy atom. The number of amides is 1. The first-order chi connectivity index (χ1) is 9.70. The zero-order valence-electron chi connectivity index (χ0n) is 10.2. The number of benzene rings is 1. The Morgan fingerprint density at radius 1 is 1.25 bits per heavy atom. The Hall–Kier alpha value is -2.05. The second kappa shape index (κ2) is 5.52. The average Bonchev–Trinajstić information content (AvgIpc) is 3.01. The molecule has 0 spiro atoms. The van der Waals surface area contributed by atoms with Gasteiger partial charge in [0.1, 0.15) is 5.75 Å². The van der Waals surface area contributed by atoms with Gasteiger partial charge in [0.25, 0.3) is 5.91 Å². The third-order valence-electron chi connectivity index (χ3n) is 2.53. The molecule has 0 saturated carbocycles. The third kappa shape index (κ3) is 2.92. The summed E-state index contributed by atoms with van der Waals surface area (Å²) in [6.45, 7) is 0. The van der Waals surface area contributed by atoms with Crippen molar-refractivity contribution in [3.8, 4) is 5.75 Å². The molecule has 4 nitrogen and oxygen atoms in total. The van der Waals surface area contributed by atoms with E-state index in [1.54, 1.807) is 35.6 Å². The highest BCUT2D eigenvalue weighted by molar-refractivity contribution is 8.18. The third-order valence-corrected chi connectivity index (χ3v) is 4.26. The van der Waals surface area contributed by atoms with Crippen LogP contribution < -0.4 is 5.32 Å². The van der Waals surface area contributed by atoms with E-state index in [9.17, 15) is 9.90 Å². The van der Waals surface area contributed by atoms with Crippen LogP contribution >= 0.6 is 23.1 Å². The number of hydrogen-bond acceptors (Lipinski definition) is 5. The van der Waals surface area contributed by atoms with Gasteiger partial charge in [-0.25, -0.2) is 4.99 Å². The lowest BCUT2D eigenvalue weighted by atomic mass is 10.3. The maximum atomic E-state index is 11.8. The molecule has 1 fully saturated rings. The molecule has 1 saturated heterocycles. The molecule has 20 heavy (non-hydrogen) atoms. The Kier molecular flexibility index (Phi) is 3.58. The van der Waals surface area contributed by atoms with Crippen molar-refractivity contribution in [3.63, 3.8) is 0 Å². The Morgan fingerprint density at radius 3 is 2.90 bits per heavy atom. The summed E-state index contributed by atoms with van der Waals surface area (Å²) in [5.74, 6) is -0.00201. The molecule has 3 rings (SSSR count). The lowest BCUT2D eigenvalue weighted by Gasteiger charge is -1.96. The SMILES string of the molecule is O=C1NC(=Nc2cccc(O)c2)S/C1=C/c1cccs1. The van der Waals surface area contributed by atoms with Crippen LogP contribution in [0.15, 0.2) is 51.7 Å². The number of thioether (sulfide) groups is 1. The molecule has 1 amide bonds. The molecule has 2 aromatic rings. The molecule has 0 aliphatic carbocycles. The van der Waals surface area contributed by atoms with Gasteiger partial charge in [0, 0.05) is 10.9 Å². The molecule has 2 N–H and O–H groups in total. The van der Waals surface area contributed by atoms with Crippen molar-refractivity contribution in [3.05, 3.63) is 51.6 Å². The van der Waals surface area contributed by atoms with Gasteiger partial charge in [-0.1, -0.05) is 12.1 Å². The zero-order valence-corrected chi connectivity index (χ0v) is 11.9. The number of rotatable bonds is 2. The Balaban J connectivity index is 1.83. The molecule has 2 heterocycles. The molecule has 1 aromatic carbocycles. The first-order valence-electron chi connectivity index (χ1n) is 5.83. The van der Waals surface area contributed by atoms with E-state index in [1.165, 1.54) is 11.8 Å². The van der Waals surface area contributed by atoms with E-state index >= 15 is 0 Å². The van der Waals surface area contributed by atoms with Crippen molar-refractivity contribution in [2.24, 2.45) is 4.99 Å². The molecule has 0 radical (unpaired) electrons. The highest BCUT2D eigenvalue weighted by atomic mass is 32.2. The van der Waals surface area contributed by atoms with Gasteiger partial charge in [-0.2, -0.15) is 0 Å². The fourth-order valence-electron chi connectivity index (χ4n) is 1.66. The predicted molar refractivity (Wildman–Crippen MR) is 83.2 cm³/mol. The van der Waals surface area contributed by atoms with E-state index < -0.39 is 0 Å². The fraction of sp³-hybridized carbons (Fsp3) is 0. The smallest absolute Gasteiger partial charge is 0.264 e. The van der Waals surface area contributed by atoms with Crippen molar-refractivity contribution in [1.29, 1.82) is 0 Å². The topological polar surface area (TPSA) is 61.7 Å². The van der Waals surface area contributed by atoms with Gasteiger partial charge in [0.05, 0.1) is 10.6 Å². The molecular formula is C14H10N2O2S2. The van der Waals surface area contributed by atoms with Gasteiger partial charge >= 0.3 is 0 Å². The normalized spacial score (nSPS) is 18.7. The van der Waals surface area contributed by atoms with E-state index in [0.717, 1.165) is 4.88 Å². The quantitative estimate of drug-likeness (QED) is 0.836. The lowest BCUT2D eigenvalue weighted by molar-refractivity contribution is -0.115. The molecule has 1 aliphatic heterocycles. The minimum Gasteiger partial charge on any atom is -0.508 e. The molecule has 0 atom stereocenters. The Labute approximate surface area is 123 Å². The second-order valence-electron chi connectivity index (χ2n) is 4.02. The van der Waals surface area contributed by atoms with Crippen LogP contribution in [0, 0.1) is 0 Å². The van der Waals surface area contributed by atoms with Crippen LogP contribution in [-0.4, -0.2) is 16.2 Å². The molecule has 1 aliphatic rings. The Bertz CT molecular complexity index is 706. The van der Waals surface area contributed by atoms with E-state index in [2.05, 4.69) is 10.3 Å². The van der Waals surface area contributed by atoms with Crippen LogP contribution in [0.2, 0.25) is 0 Å². The number of hydrogen-bond donors (Lipinski definition) is 2. The van der Waals surface area contributed by atoms with E-state index in [0.29, 0.717) is 15.8 Å². The van der Waals surface area contributed by atoms with Gasteiger partial charge in [-0.05, 0) is 41.4 Å². The summed E-state index contributed by atoms with van der Waals surface area (Å²) in [5, 5.41) is 14.6. The minimum atomic E-state index is -0.151. The molecule has 1 aromatic heterocycles. The number of carbonyl (C=O) groups is 1. The van der Waals surface area contributed by atoms with Crippen LogP contribution in [0.5, 0.6) is 5.75 Å². The number of aromatic hydroxyl groups is 1. The monoisotopic (exact) mass is 302 g/mol. The number of nitrogens with one attached hydrogen (secondary N) is 1. The zero-order chi connectivity index (χ0) is 13.9. The summed E-state index contributed by atoms with van der Waals surface area (Å²) in [6, 6.07) is 10.5. The number of thiophene rings is 1. The van der Waals surface area contributed by atoms with Crippen molar-refractivity contribution in [2.75, 3.05) is 0 Å². The van der Waals surface area contributed by atoms with Crippen LogP contribution in [0.25, 0.3) is 6.08 Å². The van der Waals surface area contributed by atoms with E-state index in [-0.39, 0.29) is 11.7 Å². The summed E-state index contributed by atoms with van der Waals surface area (Å²) >= 11 is 2.87. The van der Waals surface area contributed by atoms with Crippen LogP contribution in [0.4, 0.5) is 5.69 Å². The second-order valence-corrected chi connectivity index (χ2v) is 6.03. The maximum absolute atomic E-state index is 11.8. The number of nitrogens with zero attached hydrogens (tertiary/aromatic N) is 1. The van der Waals surface area contributed by atoms with Crippen LogP contribution in [-0.2, 0) is 4.79 Å². The van der Waals surface area contributed by atoms with Crippen molar-refractivity contribution in [2.45, 2.75) is 0 Å². The summed E-state index contributed by atoms with van der Waals surface area (Å²) in [5.41, 5.74) is 0.602. The van der Waals surface area contributed by atoms with Crippen molar-refractivity contribution >= 4 is 45.9 Å². The van der Waals surface area contributed by atoms with Gasteiger partial charge in [-0.15, -0.1) is 11.3 Å². The molecule has 0 bridgehead atoms. The number of amidine groups is 1. The first kappa shape index (κ1) is 13.0. The van der Waals surface area contributed by atoms with Gasteiger partial charge < -0.3 is 10.4 Å². The van der Waals surface area contributed by atoms with Crippen molar-refractivity contribution < 1.29 is 9.90 Å². The number of phenols is 1. The minimum absolute atomic E-state index is 0.149. The van der Waals surface area contributed by atoms with Gasteiger partial charge in [0.15, 0.2) is 5.17 Å². The summed E-state index contributed by atoms with van der Waals surface area (Å²) in [7, 11) is 0. The fourth-order valence-corrected chi connectivity index (χ4v) is 3.23. The van der Waals surface area contributed by atoms with Crippen LogP contribution in [0.1, 0.15) is 4.88 Å². The lowest BCUT2D eigenvalue weighted by Crippen LogP contribution is -2.19. The molecular weight excluding hydrogens is 292 g/mol. The highest BCUT2D eigenvalue weighted by Gasteiger charge is 2.23. The number of carbonyl (C=O) groups excluding carboxylic acids is 1. The molecule has 100 valence electrons. The highest BCUT2D eigenvalue weighted by Crippen LogP contribution is 2.29. The predicted octanol–water partition coefficient (Wildman–Crippen LogP) is 3.35. The van der Waals surface area contributed by atoms with Crippen LogP contribution in [0.3, 0.4) is 0 Å². The van der Waals surface area contributed by atoms with E-state index in [1.807, 2.05) is 23.6 Å². The van der Waals surface area contributed by atoms with Gasteiger partial charge in [-0.3, -0.25) is 4.79 Å². The molecule has 6 heteroatoms. The number of aliphatic imine (C=N–C) groups is 1. The summed E-state index contributed by atoms with van der Waals surface area (Å²) < 4.78 is 0. The number of phenolic OH excluding ortho intramolecular Hbond substituents is 1. The average molecular weight is 302 g/mol. The van der Waals surface area contributed by atoms with E-state index in [4.69, 9.17) is 0 Å². The van der Waals surface area contributed by atoms with Gasteiger partial charge in [0.2, 0.25) is 0 Å². The molecule has 0 unspecified atom stereocenters. The standard InChI is InChI=1S/C14H10N2O2S2/c17-10-4-1-3-9(7-10)15-14-16-13(18)12(20-14)8-11-5-2-6-19-11/h1-8,17H,(H,15,16,18)/b12-8+.